The van der Waals surface area contributed by atoms with Crippen molar-refractivity contribution in [3.63, 3.8) is 0 Å². The summed E-state index contributed by atoms with van der Waals surface area (Å²) >= 11 is 0. The van der Waals surface area contributed by atoms with Gasteiger partial charge in [0.25, 0.3) is 0 Å². The van der Waals surface area contributed by atoms with E-state index in [0.717, 1.165) is 12.8 Å². The van der Waals surface area contributed by atoms with Gasteiger partial charge in [-0.2, -0.15) is 0 Å². The molecule has 0 aromatic carbocycles. The molecule has 0 amide bonds. The number of fused-ring (bicyclic) bond motifs is 2. The topological polar surface area (TPSA) is 0 Å². The Morgan fingerprint density at radius 1 is 1.14 bits per heavy atom. The van der Waals surface area contributed by atoms with Crippen molar-refractivity contribution in [2.45, 2.75) is 59.5 Å². The van der Waals surface area contributed by atoms with Gasteiger partial charge in [0.1, 0.15) is 5.67 Å². The van der Waals surface area contributed by atoms with Crippen molar-refractivity contribution >= 4 is 0 Å². The Balaban J connectivity index is 2.30. The van der Waals surface area contributed by atoms with Crippen LogP contribution in [0.2, 0.25) is 0 Å². The van der Waals surface area contributed by atoms with Crippen LogP contribution < -0.4 is 0 Å². The average Bonchev–Trinajstić information content (AvgIpc) is 2.01. The number of hydrogen-bond donors (Lipinski definition) is 0. The average molecular weight is 198 g/mol. The van der Waals surface area contributed by atoms with Crippen LogP contribution in [-0.2, 0) is 0 Å². The second kappa shape index (κ2) is 2.54. The smallest absolute Gasteiger partial charge is 0.120 e. The van der Waals surface area contributed by atoms with Crippen LogP contribution in [0.5, 0.6) is 0 Å². The highest BCUT2D eigenvalue weighted by atomic mass is 19.1. The number of hydrogen-bond acceptors (Lipinski definition) is 0. The third-order valence-corrected chi connectivity index (χ3v) is 5.04. The van der Waals surface area contributed by atoms with Gasteiger partial charge in [-0.1, -0.05) is 34.6 Å². The molecule has 3 unspecified atom stereocenters. The zero-order chi connectivity index (χ0) is 10.8. The molecule has 0 aliphatic heterocycles. The van der Waals surface area contributed by atoms with E-state index in [9.17, 15) is 4.39 Å². The molecule has 0 spiro atoms. The molecule has 0 aromatic rings. The summed E-state index contributed by atoms with van der Waals surface area (Å²) in [4.78, 5) is 0. The van der Waals surface area contributed by atoms with Gasteiger partial charge in [0.2, 0.25) is 0 Å². The van der Waals surface area contributed by atoms with Gasteiger partial charge in [-0.15, -0.1) is 0 Å². The maximum atomic E-state index is 14.9. The van der Waals surface area contributed by atoms with Crippen LogP contribution in [0.4, 0.5) is 4.39 Å². The third-order valence-electron chi connectivity index (χ3n) is 5.04. The summed E-state index contributed by atoms with van der Waals surface area (Å²) in [5, 5.41) is 0. The molecule has 3 atom stereocenters. The fourth-order valence-corrected chi connectivity index (χ4v) is 3.86. The van der Waals surface area contributed by atoms with Crippen molar-refractivity contribution in [3.8, 4) is 0 Å². The molecular formula is C13H23F. The summed E-state index contributed by atoms with van der Waals surface area (Å²) in [6.45, 7) is 10.8. The molecule has 0 saturated heterocycles. The normalized spacial score (nSPS) is 45.9. The highest BCUT2D eigenvalue weighted by molar-refractivity contribution is 5.17. The van der Waals surface area contributed by atoms with Gasteiger partial charge in [0, 0.05) is 5.41 Å². The lowest BCUT2D eigenvalue weighted by Crippen LogP contribution is -2.67. The fourth-order valence-electron chi connectivity index (χ4n) is 3.86. The van der Waals surface area contributed by atoms with Gasteiger partial charge < -0.3 is 0 Å². The Morgan fingerprint density at radius 2 is 1.71 bits per heavy atom. The molecule has 3 rings (SSSR count). The van der Waals surface area contributed by atoms with Crippen LogP contribution in [0, 0.1) is 22.7 Å². The van der Waals surface area contributed by atoms with Crippen molar-refractivity contribution < 1.29 is 4.39 Å². The van der Waals surface area contributed by atoms with E-state index in [-0.39, 0.29) is 16.7 Å². The van der Waals surface area contributed by atoms with Crippen molar-refractivity contribution in [2.24, 2.45) is 22.7 Å². The second-order valence-corrected chi connectivity index (χ2v) is 6.98. The van der Waals surface area contributed by atoms with Crippen molar-refractivity contribution in [1.29, 1.82) is 0 Å². The second-order valence-electron chi connectivity index (χ2n) is 6.98. The van der Waals surface area contributed by atoms with E-state index >= 15 is 0 Å². The Hall–Kier alpha value is -0.0700. The van der Waals surface area contributed by atoms with E-state index in [4.69, 9.17) is 0 Å². The standard InChI is InChI=1S/C13H23F/c1-11(2,3)10-7-6-9-8-13(10,14)12(9,4)5/h9-10H,6-8H2,1-5H3. The predicted molar refractivity (Wildman–Crippen MR) is 57.9 cm³/mol. The summed E-state index contributed by atoms with van der Waals surface area (Å²) in [5.74, 6) is 0.904. The zero-order valence-electron chi connectivity index (χ0n) is 10.2. The molecule has 3 aliphatic rings. The molecule has 14 heavy (non-hydrogen) atoms. The first-order valence-electron chi connectivity index (χ1n) is 5.88. The predicted octanol–water partition coefficient (Wildman–Crippen LogP) is 4.20. The third kappa shape index (κ3) is 1.05. The molecule has 0 heterocycles. The summed E-state index contributed by atoms with van der Waals surface area (Å²) in [7, 11) is 0. The van der Waals surface area contributed by atoms with Crippen LogP contribution in [-0.4, -0.2) is 5.67 Å². The largest absolute Gasteiger partial charge is 0.243 e. The van der Waals surface area contributed by atoms with Crippen molar-refractivity contribution in [1.82, 2.24) is 0 Å². The first-order chi connectivity index (χ1) is 6.19. The Kier molecular flexibility index (Phi) is 1.89. The minimum Gasteiger partial charge on any atom is -0.243 e. The minimum atomic E-state index is -0.881. The monoisotopic (exact) mass is 198 g/mol. The lowest BCUT2D eigenvalue weighted by Gasteiger charge is -2.66. The molecule has 2 bridgehead atoms. The van der Waals surface area contributed by atoms with E-state index in [2.05, 4.69) is 34.6 Å². The Morgan fingerprint density at radius 3 is 2.07 bits per heavy atom. The molecule has 0 radical (unpaired) electrons. The SMILES string of the molecule is CC(C)(C)C1CCC2CC1(F)C2(C)C. The maximum absolute atomic E-state index is 14.9. The number of alkyl halides is 1. The summed E-state index contributed by atoms with van der Waals surface area (Å²) < 4.78 is 14.9. The molecule has 3 saturated carbocycles. The van der Waals surface area contributed by atoms with Gasteiger partial charge >= 0.3 is 0 Å². The molecular weight excluding hydrogens is 175 g/mol. The first-order valence-corrected chi connectivity index (χ1v) is 5.88. The Labute approximate surface area is 87.3 Å². The first kappa shape index (κ1) is 10.4. The lowest BCUT2D eigenvalue weighted by atomic mass is 9.40. The van der Waals surface area contributed by atoms with Gasteiger partial charge in [0.15, 0.2) is 0 Å². The van der Waals surface area contributed by atoms with Crippen molar-refractivity contribution in [3.05, 3.63) is 0 Å². The molecule has 82 valence electrons. The highest BCUT2D eigenvalue weighted by Crippen LogP contribution is 2.68. The maximum Gasteiger partial charge on any atom is 0.120 e. The van der Waals surface area contributed by atoms with E-state index < -0.39 is 5.67 Å². The van der Waals surface area contributed by atoms with Gasteiger partial charge in [-0.25, -0.2) is 4.39 Å². The van der Waals surface area contributed by atoms with Gasteiger partial charge in [0.05, 0.1) is 0 Å². The fraction of sp³-hybridized carbons (Fsp3) is 1.00. The van der Waals surface area contributed by atoms with Crippen LogP contribution in [0.3, 0.4) is 0 Å². The molecule has 0 nitrogen and oxygen atoms in total. The minimum absolute atomic E-state index is 0.0663. The molecule has 0 aromatic heterocycles. The van der Waals surface area contributed by atoms with Gasteiger partial charge in [-0.05, 0) is 36.5 Å². The van der Waals surface area contributed by atoms with E-state index in [1.165, 1.54) is 6.42 Å². The molecule has 0 N–H and O–H groups in total. The molecule has 3 fully saturated rings. The summed E-state index contributed by atoms with van der Waals surface area (Å²) in [6, 6.07) is 0. The van der Waals surface area contributed by atoms with Crippen LogP contribution in [0.15, 0.2) is 0 Å². The lowest BCUT2D eigenvalue weighted by molar-refractivity contribution is -0.231. The van der Waals surface area contributed by atoms with Crippen LogP contribution >= 0.6 is 0 Å². The summed E-state index contributed by atoms with van der Waals surface area (Å²) in [6.07, 6.45) is 3.15. The summed E-state index contributed by atoms with van der Waals surface area (Å²) in [5.41, 5.74) is -0.825. The molecule has 1 heteroatoms. The zero-order valence-corrected chi connectivity index (χ0v) is 10.2. The number of rotatable bonds is 0. The van der Waals surface area contributed by atoms with E-state index in [1.807, 2.05) is 0 Å². The Bertz CT molecular complexity index is 248. The van der Waals surface area contributed by atoms with E-state index in [1.54, 1.807) is 0 Å². The highest BCUT2D eigenvalue weighted by Gasteiger charge is 2.68. The van der Waals surface area contributed by atoms with Crippen molar-refractivity contribution in [2.75, 3.05) is 0 Å². The van der Waals surface area contributed by atoms with Gasteiger partial charge in [-0.3, -0.25) is 0 Å². The number of halogens is 1. The molecule has 3 aliphatic carbocycles. The van der Waals surface area contributed by atoms with E-state index in [0.29, 0.717) is 5.92 Å². The van der Waals surface area contributed by atoms with Crippen LogP contribution in [0.1, 0.15) is 53.9 Å². The van der Waals surface area contributed by atoms with Crippen LogP contribution in [0.25, 0.3) is 0 Å². The quantitative estimate of drug-likeness (QED) is 0.547.